The third-order valence-corrected chi connectivity index (χ3v) is 4.95. The second-order valence-electron chi connectivity index (χ2n) is 5.69. The summed E-state index contributed by atoms with van der Waals surface area (Å²) >= 11 is 0.985. The molecule has 0 radical (unpaired) electrons. The van der Waals surface area contributed by atoms with Gasteiger partial charge in [0, 0.05) is 30.8 Å². The molecule has 0 amide bonds. The Labute approximate surface area is 142 Å². The first-order valence-electron chi connectivity index (χ1n) is 7.52. The first-order chi connectivity index (χ1) is 11.0. The highest BCUT2D eigenvalue weighted by Gasteiger charge is 2.40. The molecule has 7 nitrogen and oxygen atoms in total. The van der Waals surface area contributed by atoms with Crippen LogP contribution in [-0.2, 0) is 28.3 Å². The van der Waals surface area contributed by atoms with Gasteiger partial charge in [-0.25, -0.2) is 5.26 Å². The Hall–Kier alpha value is -0.530. The number of hydrogen-bond acceptors (Lipinski definition) is 8. The van der Waals surface area contributed by atoms with E-state index >= 15 is 0 Å². The zero-order valence-electron chi connectivity index (χ0n) is 14.0. The highest BCUT2D eigenvalue weighted by Crippen LogP contribution is 2.36. The van der Waals surface area contributed by atoms with E-state index in [1.807, 2.05) is 0 Å². The second kappa shape index (κ2) is 11.1. The molecule has 0 aromatic rings. The van der Waals surface area contributed by atoms with Crippen LogP contribution in [-0.4, -0.2) is 49.8 Å². The van der Waals surface area contributed by atoms with Crippen LogP contribution in [0.25, 0.3) is 0 Å². The molecule has 1 aliphatic heterocycles. The van der Waals surface area contributed by atoms with Crippen molar-refractivity contribution in [2.45, 2.75) is 39.3 Å². The minimum Gasteiger partial charge on any atom is -0.439 e. The van der Waals surface area contributed by atoms with Crippen molar-refractivity contribution in [3.63, 3.8) is 0 Å². The summed E-state index contributed by atoms with van der Waals surface area (Å²) in [6, 6.07) is 0. The van der Waals surface area contributed by atoms with E-state index in [0.29, 0.717) is 24.2 Å². The summed E-state index contributed by atoms with van der Waals surface area (Å²) < 4.78 is 26.5. The van der Waals surface area contributed by atoms with E-state index in [-0.39, 0.29) is 31.0 Å². The maximum absolute atomic E-state index is 8.20. The Morgan fingerprint density at radius 2 is 1.96 bits per heavy atom. The van der Waals surface area contributed by atoms with Gasteiger partial charge in [0.1, 0.15) is 6.11 Å². The van der Waals surface area contributed by atoms with Crippen molar-refractivity contribution in [3.8, 4) is 12.5 Å². The Kier molecular flexibility index (Phi) is 9.90. The molecule has 1 rings (SSSR count). The maximum Gasteiger partial charge on any atom is 0.160 e. The molecule has 1 aliphatic rings. The summed E-state index contributed by atoms with van der Waals surface area (Å²) in [5.74, 6) is 1.44. The smallest absolute Gasteiger partial charge is 0.160 e. The molecule has 1 fully saturated rings. The van der Waals surface area contributed by atoms with Gasteiger partial charge >= 0.3 is 0 Å². The van der Waals surface area contributed by atoms with Crippen molar-refractivity contribution < 1.29 is 33.6 Å². The van der Waals surface area contributed by atoms with E-state index in [2.05, 4.69) is 36.2 Å². The number of ether oxygens (including phenoxy) is 4. The molecule has 6 atom stereocenters. The molecule has 0 saturated carbocycles. The quantitative estimate of drug-likeness (QED) is 0.212. The van der Waals surface area contributed by atoms with Crippen molar-refractivity contribution in [2.24, 2.45) is 17.8 Å². The van der Waals surface area contributed by atoms with Gasteiger partial charge in [-0.15, -0.1) is 4.33 Å². The molecule has 6 unspecified atom stereocenters. The number of terminal acetylenes is 1. The average molecular weight is 350 g/mol. The van der Waals surface area contributed by atoms with E-state index in [9.17, 15) is 0 Å². The van der Waals surface area contributed by atoms with Gasteiger partial charge in [-0.1, -0.05) is 32.2 Å². The van der Waals surface area contributed by atoms with Crippen molar-refractivity contribution in [1.29, 1.82) is 0 Å². The van der Waals surface area contributed by atoms with E-state index < -0.39 is 0 Å². The predicted molar refractivity (Wildman–Crippen MR) is 84.9 cm³/mol. The molecule has 0 aromatic heterocycles. The average Bonchev–Trinajstić information content (AvgIpc) is 2.54. The zero-order chi connectivity index (χ0) is 17.2. The standard InChI is InChI=1S/C15H26O7S/c1-6-18-13(7-17-5)8-19-15-12(4)10(2)11(3)14(20-15)9-23-22-21-16/h1,10-16H,7-9H2,2-5H3. The Bertz CT molecular complexity index is 362. The van der Waals surface area contributed by atoms with Crippen LogP contribution in [0.5, 0.6) is 0 Å². The van der Waals surface area contributed by atoms with Crippen LogP contribution >= 0.6 is 12.0 Å². The Morgan fingerprint density at radius 3 is 2.57 bits per heavy atom. The Morgan fingerprint density at radius 1 is 1.22 bits per heavy atom. The lowest BCUT2D eigenvalue weighted by Gasteiger charge is -2.43. The molecule has 8 heteroatoms. The van der Waals surface area contributed by atoms with E-state index in [1.54, 1.807) is 7.11 Å². The molecular formula is C15H26O7S. The number of methoxy groups -OCH3 is 1. The van der Waals surface area contributed by atoms with Gasteiger partial charge in [0.25, 0.3) is 0 Å². The van der Waals surface area contributed by atoms with Gasteiger partial charge in [-0.3, -0.25) is 0 Å². The molecule has 1 saturated heterocycles. The third-order valence-electron chi connectivity index (χ3n) is 4.33. The van der Waals surface area contributed by atoms with Crippen molar-refractivity contribution >= 4 is 12.0 Å². The van der Waals surface area contributed by atoms with Gasteiger partial charge < -0.3 is 18.9 Å². The predicted octanol–water partition coefficient (Wildman–Crippen LogP) is 2.33. The molecule has 0 spiro atoms. The van der Waals surface area contributed by atoms with Crippen molar-refractivity contribution in [3.05, 3.63) is 0 Å². The minimum atomic E-state index is -0.373. The lowest BCUT2D eigenvalue weighted by atomic mass is 9.79. The molecule has 1 heterocycles. The lowest BCUT2D eigenvalue weighted by Crippen LogP contribution is -2.47. The molecule has 23 heavy (non-hydrogen) atoms. The monoisotopic (exact) mass is 350 g/mol. The van der Waals surface area contributed by atoms with E-state index in [1.165, 1.54) is 0 Å². The maximum atomic E-state index is 8.20. The Balaban J connectivity index is 2.56. The molecule has 134 valence electrons. The second-order valence-corrected chi connectivity index (χ2v) is 6.40. The summed E-state index contributed by atoms with van der Waals surface area (Å²) in [6.45, 7) is 7.01. The number of hydrogen-bond donors (Lipinski definition) is 1. The first-order valence-corrected chi connectivity index (χ1v) is 8.43. The summed E-state index contributed by atoms with van der Waals surface area (Å²) in [5.41, 5.74) is 0. The van der Waals surface area contributed by atoms with Crippen molar-refractivity contribution in [2.75, 3.05) is 26.1 Å². The fourth-order valence-corrected chi connectivity index (χ4v) is 3.20. The van der Waals surface area contributed by atoms with Crippen LogP contribution < -0.4 is 0 Å². The van der Waals surface area contributed by atoms with Gasteiger partial charge in [-0.05, 0) is 11.8 Å². The summed E-state index contributed by atoms with van der Waals surface area (Å²) in [4.78, 5) is 0. The highest BCUT2D eigenvalue weighted by atomic mass is 32.2. The van der Waals surface area contributed by atoms with Crippen molar-refractivity contribution in [1.82, 2.24) is 0 Å². The lowest BCUT2D eigenvalue weighted by molar-refractivity contribution is -0.432. The topological polar surface area (TPSA) is 75.6 Å². The summed E-state index contributed by atoms with van der Waals surface area (Å²) in [6.07, 6.45) is 6.52. The van der Waals surface area contributed by atoms with Crippen LogP contribution in [0.3, 0.4) is 0 Å². The normalized spacial score (nSPS) is 32.3. The minimum absolute atomic E-state index is 0.0826. The van der Waals surface area contributed by atoms with Crippen LogP contribution in [0, 0.1) is 30.3 Å². The summed E-state index contributed by atoms with van der Waals surface area (Å²) in [5, 5.41) is 11.8. The molecule has 0 aliphatic carbocycles. The summed E-state index contributed by atoms with van der Waals surface area (Å²) in [7, 11) is 1.58. The molecule has 0 bridgehead atoms. The van der Waals surface area contributed by atoms with Gasteiger partial charge in [0.15, 0.2) is 12.4 Å². The zero-order valence-corrected chi connectivity index (χ0v) is 14.8. The van der Waals surface area contributed by atoms with Crippen LogP contribution in [0.4, 0.5) is 0 Å². The first kappa shape index (κ1) is 20.5. The van der Waals surface area contributed by atoms with E-state index in [0.717, 1.165) is 12.0 Å². The SMILES string of the molecule is C#COC(COC)COC1OC(CSOOO)C(C)C(C)C1C. The van der Waals surface area contributed by atoms with Gasteiger partial charge in [0.05, 0.1) is 19.3 Å². The highest BCUT2D eigenvalue weighted by molar-refractivity contribution is 7.94. The molecule has 1 N–H and O–H groups in total. The van der Waals surface area contributed by atoms with Crippen LogP contribution in [0.1, 0.15) is 20.8 Å². The molecule has 0 aromatic carbocycles. The van der Waals surface area contributed by atoms with Crippen LogP contribution in [0.15, 0.2) is 0 Å². The fraction of sp³-hybridized carbons (Fsp3) is 0.867. The van der Waals surface area contributed by atoms with E-state index in [4.69, 9.17) is 30.6 Å². The van der Waals surface area contributed by atoms with Gasteiger partial charge in [-0.2, -0.15) is 0 Å². The fourth-order valence-electron chi connectivity index (χ4n) is 2.58. The third kappa shape index (κ3) is 6.47. The van der Waals surface area contributed by atoms with Gasteiger partial charge in [0.2, 0.25) is 0 Å². The largest absolute Gasteiger partial charge is 0.439 e. The number of rotatable bonds is 10. The van der Waals surface area contributed by atoms with Crippen LogP contribution in [0.2, 0.25) is 0 Å². The molecular weight excluding hydrogens is 324 g/mol.